The Labute approximate surface area is 77.2 Å². The summed E-state index contributed by atoms with van der Waals surface area (Å²) in [6.45, 7) is 4.13. The second-order valence-corrected chi connectivity index (χ2v) is 3.96. The predicted octanol–water partition coefficient (Wildman–Crippen LogP) is 1.35. The summed E-state index contributed by atoms with van der Waals surface area (Å²) in [5.41, 5.74) is 0. The largest absolute Gasteiger partial charge is 0.479 e. The topological polar surface area (TPSA) is 57.5 Å². The van der Waals surface area contributed by atoms with Gasteiger partial charge in [-0.2, -0.15) is 11.8 Å². The summed E-state index contributed by atoms with van der Waals surface area (Å²) in [5, 5.41) is 17.8. The van der Waals surface area contributed by atoms with E-state index in [0.717, 1.165) is 12.8 Å². The highest BCUT2D eigenvalue weighted by Gasteiger charge is 2.14. The minimum Gasteiger partial charge on any atom is -0.479 e. The first kappa shape index (κ1) is 11.8. The molecule has 72 valence electrons. The first-order chi connectivity index (χ1) is 5.61. The summed E-state index contributed by atoms with van der Waals surface area (Å²) in [5.74, 6) is -0.838. The van der Waals surface area contributed by atoms with Crippen LogP contribution in [0.15, 0.2) is 0 Å². The van der Waals surface area contributed by atoms with Crippen molar-refractivity contribution >= 4 is 17.7 Å². The van der Waals surface area contributed by atoms with E-state index in [1.54, 1.807) is 0 Å². The van der Waals surface area contributed by atoms with Gasteiger partial charge in [0.05, 0.1) is 0 Å². The number of aliphatic carboxylic acids is 1. The second-order valence-electron chi connectivity index (χ2n) is 2.63. The van der Waals surface area contributed by atoms with Crippen molar-refractivity contribution in [1.29, 1.82) is 0 Å². The van der Waals surface area contributed by atoms with E-state index in [1.165, 1.54) is 11.8 Å². The van der Waals surface area contributed by atoms with Gasteiger partial charge in [-0.3, -0.25) is 0 Å². The maximum Gasteiger partial charge on any atom is 0.333 e. The van der Waals surface area contributed by atoms with Gasteiger partial charge in [0.2, 0.25) is 0 Å². The normalized spacial score (nSPS) is 13.3. The van der Waals surface area contributed by atoms with E-state index in [-0.39, 0.29) is 0 Å². The molecule has 0 unspecified atom stereocenters. The number of aliphatic hydroxyl groups is 1. The van der Waals surface area contributed by atoms with Gasteiger partial charge in [-0.25, -0.2) is 4.79 Å². The third-order valence-corrected chi connectivity index (χ3v) is 3.33. The van der Waals surface area contributed by atoms with Gasteiger partial charge < -0.3 is 10.2 Å². The molecular formula is C8H16O3S. The Kier molecular flexibility index (Phi) is 6.20. The standard InChI is InChI=1S/C8H16O3S/c1-3-6(4-2)12-5-7(9)8(10)11/h6-7,9H,3-5H2,1-2H3,(H,10,11)/t7-/m0/s1. The van der Waals surface area contributed by atoms with Crippen LogP contribution in [0.1, 0.15) is 26.7 Å². The molecule has 0 saturated carbocycles. The molecule has 4 heteroatoms. The number of carbonyl (C=O) groups is 1. The molecule has 0 aliphatic carbocycles. The van der Waals surface area contributed by atoms with Crippen LogP contribution in [0.3, 0.4) is 0 Å². The minimum atomic E-state index is -1.21. The Balaban J connectivity index is 3.58. The SMILES string of the molecule is CCC(CC)SC[C@H](O)C(=O)O. The summed E-state index contributed by atoms with van der Waals surface area (Å²) in [7, 11) is 0. The molecular weight excluding hydrogens is 176 g/mol. The zero-order valence-electron chi connectivity index (χ0n) is 7.49. The minimum absolute atomic E-state index is 0.293. The van der Waals surface area contributed by atoms with Crippen molar-refractivity contribution < 1.29 is 15.0 Å². The molecule has 12 heavy (non-hydrogen) atoms. The van der Waals surface area contributed by atoms with Crippen molar-refractivity contribution in [1.82, 2.24) is 0 Å². The average molecular weight is 192 g/mol. The van der Waals surface area contributed by atoms with Crippen molar-refractivity contribution in [3.8, 4) is 0 Å². The predicted molar refractivity (Wildman–Crippen MR) is 50.5 cm³/mol. The van der Waals surface area contributed by atoms with Crippen LogP contribution < -0.4 is 0 Å². The van der Waals surface area contributed by atoms with Gasteiger partial charge >= 0.3 is 5.97 Å². The Morgan fingerprint density at radius 1 is 1.42 bits per heavy atom. The number of aliphatic hydroxyl groups excluding tert-OH is 1. The zero-order valence-corrected chi connectivity index (χ0v) is 8.30. The van der Waals surface area contributed by atoms with Gasteiger partial charge in [-0.1, -0.05) is 13.8 Å². The van der Waals surface area contributed by atoms with Gasteiger partial charge in [0.25, 0.3) is 0 Å². The van der Waals surface area contributed by atoms with Crippen molar-refractivity contribution in [2.75, 3.05) is 5.75 Å². The summed E-state index contributed by atoms with van der Waals surface area (Å²) in [4.78, 5) is 10.2. The molecule has 3 nitrogen and oxygen atoms in total. The Bertz CT molecular complexity index is 134. The van der Waals surface area contributed by atoms with Crippen LogP contribution in [-0.2, 0) is 4.79 Å². The fourth-order valence-electron chi connectivity index (χ4n) is 0.823. The van der Waals surface area contributed by atoms with Gasteiger partial charge in [-0.15, -0.1) is 0 Å². The smallest absolute Gasteiger partial charge is 0.333 e. The number of carboxylic acids is 1. The summed E-state index contributed by atoms with van der Waals surface area (Å²) >= 11 is 1.53. The van der Waals surface area contributed by atoms with Crippen LogP contribution in [0.4, 0.5) is 0 Å². The highest BCUT2D eigenvalue weighted by Crippen LogP contribution is 2.18. The zero-order chi connectivity index (χ0) is 9.56. The van der Waals surface area contributed by atoms with Crippen LogP contribution in [0.5, 0.6) is 0 Å². The van der Waals surface area contributed by atoms with Gasteiger partial charge in [0.1, 0.15) is 0 Å². The third-order valence-electron chi connectivity index (χ3n) is 1.69. The molecule has 0 spiro atoms. The number of carboxylic acid groups (broad SMARTS) is 1. The molecule has 0 aromatic carbocycles. The number of rotatable bonds is 6. The lowest BCUT2D eigenvalue weighted by Gasteiger charge is -2.12. The Morgan fingerprint density at radius 2 is 1.92 bits per heavy atom. The molecule has 0 fully saturated rings. The number of hydrogen-bond acceptors (Lipinski definition) is 3. The molecule has 0 radical (unpaired) electrons. The summed E-state index contributed by atoms with van der Waals surface area (Å²) in [6, 6.07) is 0. The van der Waals surface area contributed by atoms with Crippen molar-refractivity contribution in [2.45, 2.75) is 38.0 Å². The van der Waals surface area contributed by atoms with Crippen molar-refractivity contribution in [3.05, 3.63) is 0 Å². The summed E-state index contributed by atoms with van der Waals surface area (Å²) in [6.07, 6.45) is 0.830. The lowest BCUT2D eigenvalue weighted by atomic mass is 10.3. The van der Waals surface area contributed by atoms with E-state index in [0.29, 0.717) is 11.0 Å². The van der Waals surface area contributed by atoms with Crippen LogP contribution in [0, 0.1) is 0 Å². The Morgan fingerprint density at radius 3 is 2.25 bits per heavy atom. The lowest BCUT2D eigenvalue weighted by Crippen LogP contribution is -2.23. The molecule has 0 amide bonds. The molecule has 0 bridgehead atoms. The molecule has 0 rings (SSSR count). The van der Waals surface area contributed by atoms with Gasteiger partial charge in [0.15, 0.2) is 6.10 Å². The molecule has 1 atom stereocenters. The number of thioether (sulfide) groups is 1. The van der Waals surface area contributed by atoms with Crippen LogP contribution in [-0.4, -0.2) is 33.3 Å². The average Bonchev–Trinajstić information content (AvgIpc) is 2.05. The lowest BCUT2D eigenvalue weighted by molar-refractivity contribution is -0.145. The van der Waals surface area contributed by atoms with Crippen molar-refractivity contribution in [3.63, 3.8) is 0 Å². The summed E-state index contributed by atoms with van der Waals surface area (Å²) < 4.78 is 0. The highest BCUT2D eigenvalue weighted by atomic mass is 32.2. The maximum atomic E-state index is 10.2. The monoisotopic (exact) mass is 192 g/mol. The molecule has 0 heterocycles. The third kappa shape index (κ3) is 4.62. The molecule has 0 saturated heterocycles. The molecule has 2 N–H and O–H groups in total. The molecule has 0 aliphatic heterocycles. The first-order valence-electron chi connectivity index (χ1n) is 4.14. The van der Waals surface area contributed by atoms with E-state index >= 15 is 0 Å². The molecule has 0 aliphatic rings. The number of hydrogen-bond donors (Lipinski definition) is 2. The maximum absolute atomic E-state index is 10.2. The highest BCUT2D eigenvalue weighted by molar-refractivity contribution is 7.99. The van der Waals surface area contributed by atoms with Gasteiger partial charge in [-0.05, 0) is 12.8 Å². The van der Waals surface area contributed by atoms with Gasteiger partial charge in [0, 0.05) is 11.0 Å². The quantitative estimate of drug-likeness (QED) is 0.667. The van der Waals surface area contributed by atoms with E-state index in [1.807, 2.05) is 0 Å². The van der Waals surface area contributed by atoms with Crippen LogP contribution in [0.25, 0.3) is 0 Å². The van der Waals surface area contributed by atoms with E-state index in [4.69, 9.17) is 10.2 Å². The fraction of sp³-hybridized carbons (Fsp3) is 0.875. The Hall–Kier alpha value is -0.220. The van der Waals surface area contributed by atoms with Crippen molar-refractivity contribution in [2.24, 2.45) is 0 Å². The second kappa shape index (κ2) is 6.31. The fourth-order valence-corrected chi connectivity index (χ4v) is 1.89. The van der Waals surface area contributed by atoms with E-state index in [2.05, 4.69) is 13.8 Å². The van der Waals surface area contributed by atoms with E-state index in [9.17, 15) is 4.79 Å². The van der Waals surface area contributed by atoms with Crippen LogP contribution in [0.2, 0.25) is 0 Å². The molecule has 0 aromatic rings. The first-order valence-corrected chi connectivity index (χ1v) is 5.19. The van der Waals surface area contributed by atoms with E-state index < -0.39 is 12.1 Å². The van der Waals surface area contributed by atoms with Crippen LogP contribution >= 0.6 is 11.8 Å². The molecule has 0 aromatic heterocycles.